The van der Waals surface area contributed by atoms with Gasteiger partial charge < -0.3 is 19.7 Å². The highest BCUT2D eigenvalue weighted by Crippen LogP contribution is 2.09. The molecule has 0 rings (SSSR count). The average Bonchev–Trinajstić information content (AvgIpc) is 2.22. The van der Waals surface area contributed by atoms with Gasteiger partial charge in [-0.15, -0.1) is 0 Å². The second-order valence-corrected chi connectivity index (χ2v) is 2.85. The lowest BCUT2D eigenvalue weighted by Crippen LogP contribution is -2.42. The van der Waals surface area contributed by atoms with Gasteiger partial charge in [-0.1, -0.05) is 25.3 Å². The van der Waals surface area contributed by atoms with Gasteiger partial charge in [0.25, 0.3) is 5.79 Å². The lowest BCUT2D eigenvalue weighted by molar-refractivity contribution is -0.214. The SMILES string of the molecule is C=CCOC(=O)CC(O)(O)C(=O)OCC=C. The van der Waals surface area contributed by atoms with Crippen molar-refractivity contribution in [2.24, 2.45) is 0 Å². The van der Waals surface area contributed by atoms with Crippen LogP contribution < -0.4 is 0 Å². The molecule has 0 aromatic rings. The van der Waals surface area contributed by atoms with Gasteiger partial charge in [-0.25, -0.2) is 4.79 Å². The standard InChI is InChI=1S/C10H14O6/c1-3-5-15-8(11)7-10(13,14)9(12)16-6-4-2/h3-4,13-14H,1-2,5-7H2. The molecule has 6 heteroatoms. The Morgan fingerprint density at radius 3 is 2.12 bits per heavy atom. The highest BCUT2D eigenvalue weighted by atomic mass is 16.6. The molecule has 0 unspecified atom stereocenters. The van der Waals surface area contributed by atoms with E-state index < -0.39 is 24.1 Å². The van der Waals surface area contributed by atoms with E-state index in [1.165, 1.54) is 12.2 Å². The fraction of sp³-hybridized carbons (Fsp3) is 0.400. The molecule has 0 atom stereocenters. The number of carbonyl (C=O) groups is 2. The zero-order chi connectivity index (χ0) is 12.6. The second-order valence-electron chi connectivity index (χ2n) is 2.85. The molecule has 0 saturated carbocycles. The molecule has 90 valence electrons. The van der Waals surface area contributed by atoms with E-state index in [1.54, 1.807) is 0 Å². The summed E-state index contributed by atoms with van der Waals surface area (Å²) in [6, 6.07) is 0. The molecule has 0 fully saturated rings. The molecule has 0 aromatic heterocycles. The minimum absolute atomic E-state index is 0.0728. The Hall–Kier alpha value is -1.66. The van der Waals surface area contributed by atoms with E-state index in [9.17, 15) is 19.8 Å². The van der Waals surface area contributed by atoms with Crippen molar-refractivity contribution >= 4 is 11.9 Å². The molecule has 6 nitrogen and oxygen atoms in total. The summed E-state index contributed by atoms with van der Waals surface area (Å²) < 4.78 is 8.85. The molecule has 0 spiro atoms. The first-order valence-corrected chi connectivity index (χ1v) is 4.43. The maximum atomic E-state index is 11.0. The predicted octanol–water partition coefficient (Wildman–Crippen LogP) is -0.484. The van der Waals surface area contributed by atoms with Gasteiger partial charge in [0, 0.05) is 0 Å². The lowest BCUT2D eigenvalue weighted by atomic mass is 10.2. The van der Waals surface area contributed by atoms with Crippen molar-refractivity contribution in [3.63, 3.8) is 0 Å². The summed E-state index contributed by atoms with van der Waals surface area (Å²) in [5, 5.41) is 18.4. The van der Waals surface area contributed by atoms with E-state index >= 15 is 0 Å². The van der Waals surface area contributed by atoms with Crippen LogP contribution in [0, 0.1) is 0 Å². The van der Waals surface area contributed by atoms with Crippen LogP contribution in [0.1, 0.15) is 6.42 Å². The van der Waals surface area contributed by atoms with Crippen molar-refractivity contribution in [1.29, 1.82) is 0 Å². The first-order valence-electron chi connectivity index (χ1n) is 4.43. The van der Waals surface area contributed by atoms with Gasteiger partial charge >= 0.3 is 11.9 Å². The van der Waals surface area contributed by atoms with E-state index in [4.69, 9.17) is 0 Å². The van der Waals surface area contributed by atoms with E-state index in [1.807, 2.05) is 0 Å². The average molecular weight is 230 g/mol. The summed E-state index contributed by atoms with van der Waals surface area (Å²) in [4.78, 5) is 22.0. The fourth-order valence-corrected chi connectivity index (χ4v) is 0.727. The number of esters is 2. The Kier molecular flexibility index (Phi) is 6.06. The predicted molar refractivity (Wildman–Crippen MR) is 54.1 cm³/mol. The van der Waals surface area contributed by atoms with E-state index in [-0.39, 0.29) is 13.2 Å². The molecule has 0 aliphatic carbocycles. The van der Waals surface area contributed by atoms with Gasteiger partial charge in [0.05, 0.1) is 0 Å². The number of carbonyl (C=O) groups excluding carboxylic acids is 2. The van der Waals surface area contributed by atoms with Crippen molar-refractivity contribution in [2.75, 3.05) is 13.2 Å². The first kappa shape index (κ1) is 14.3. The third-order valence-corrected chi connectivity index (χ3v) is 1.41. The van der Waals surface area contributed by atoms with Crippen molar-refractivity contribution in [1.82, 2.24) is 0 Å². The number of hydrogen-bond donors (Lipinski definition) is 2. The maximum Gasteiger partial charge on any atom is 0.367 e. The van der Waals surface area contributed by atoms with Gasteiger partial charge in [-0.2, -0.15) is 0 Å². The van der Waals surface area contributed by atoms with Crippen LogP contribution in [0.15, 0.2) is 25.3 Å². The van der Waals surface area contributed by atoms with E-state index in [0.29, 0.717) is 0 Å². The van der Waals surface area contributed by atoms with Crippen LogP contribution in [0.25, 0.3) is 0 Å². The van der Waals surface area contributed by atoms with Crippen molar-refractivity contribution in [3.05, 3.63) is 25.3 Å². The van der Waals surface area contributed by atoms with Crippen molar-refractivity contribution in [3.8, 4) is 0 Å². The van der Waals surface area contributed by atoms with Crippen molar-refractivity contribution in [2.45, 2.75) is 12.2 Å². The van der Waals surface area contributed by atoms with Crippen LogP contribution in [0.3, 0.4) is 0 Å². The molecule has 0 bridgehead atoms. The monoisotopic (exact) mass is 230 g/mol. The molecule has 0 radical (unpaired) electrons. The van der Waals surface area contributed by atoms with Crippen LogP contribution in [-0.2, 0) is 19.1 Å². The Morgan fingerprint density at radius 1 is 1.12 bits per heavy atom. The van der Waals surface area contributed by atoms with Gasteiger partial charge in [0.2, 0.25) is 0 Å². The summed E-state index contributed by atoms with van der Waals surface area (Å²) in [6.45, 7) is 6.32. The van der Waals surface area contributed by atoms with E-state index in [2.05, 4.69) is 22.6 Å². The third kappa shape index (κ3) is 5.28. The van der Waals surface area contributed by atoms with Crippen LogP contribution in [0.4, 0.5) is 0 Å². The molecule has 2 N–H and O–H groups in total. The van der Waals surface area contributed by atoms with E-state index in [0.717, 1.165) is 0 Å². The number of aliphatic hydroxyl groups is 2. The fourth-order valence-electron chi connectivity index (χ4n) is 0.727. The number of ether oxygens (including phenoxy) is 2. The Labute approximate surface area is 92.8 Å². The molecule has 0 aliphatic rings. The molecule has 0 aliphatic heterocycles. The molecule has 0 amide bonds. The zero-order valence-corrected chi connectivity index (χ0v) is 8.72. The highest BCUT2D eigenvalue weighted by molar-refractivity contribution is 5.83. The quantitative estimate of drug-likeness (QED) is 0.348. The van der Waals surface area contributed by atoms with Crippen LogP contribution >= 0.6 is 0 Å². The van der Waals surface area contributed by atoms with Gasteiger partial charge in [-0.05, 0) is 0 Å². The van der Waals surface area contributed by atoms with Crippen molar-refractivity contribution < 1.29 is 29.3 Å². The lowest BCUT2D eigenvalue weighted by Gasteiger charge is -2.18. The summed E-state index contributed by atoms with van der Waals surface area (Å²) in [6.07, 6.45) is 1.66. The molecular weight excluding hydrogens is 216 g/mol. The summed E-state index contributed by atoms with van der Waals surface area (Å²) in [5.41, 5.74) is 0. The molecule has 0 aromatic carbocycles. The minimum atomic E-state index is -2.89. The maximum absolute atomic E-state index is 11.0. The van der Waals surface area contributed by atoms with Crippen LogP contribution in [-0.4, -0.2) is 41.2 Å². The highest BCUT2D eigenvalue weighted by Gasteiger charge is 2.38. The Bertz CT molecular complexity index is 281. The second kappa shape index (κ2) is 6.76. The smallest absolute Gasteiger partial charge is 0.367 e. The topological polar surface area (TPSA) is 93.1 Å². The Balaban J connectivity index is 4.20. The summed E-state index contributed by atoms with van der Waals surface area (Å²) in [7, 11) is 0. The van der Waals surface area contributed by atoms with Gasteiger partial charge in [0.1, 0.15) is 19.6 Å². The summed E-state index contributed by atoms with van der Waals surface area (Å²) in [5.74, 6) is -5.16. The Morgan fingerprint density at radius 2 is 1.62 bits per heavy atom. The largest absolute Gasteiger partial charge is 0.461 e. The van der Waals surface area contributed by atoms with Gasteiger partial charge in [-0.3, -0.25) is 4.79 Å². The normalized spacial score (nSPS) is 10.4. The molecule has 0 heterocycles. The zero-order valence-electron chi connectivity index (χ0n) is 8.72. The third-order valence-electron chi connectivity index (χ3n) is 1.41. The van der Waals surface area contributed by atoms with Crippen LogP contribution in [0.5, 0.6) is 0 Å². The number of rotatable bonds is 7. The van der Waals surface area contributed by atoms with Crippen LogP contribution in [0.2, 0.25) is 0 Å². The van der Waals surface area contributed by atoms with Gasteiger partial charge in [0.15, 0.2) is 0 Å². The first-order chi connectivity index (χ1) is 7.44. The molecular formula is C10H14O6. The summed E-state index contributed by atoms with van der Waals surface area (Å²) >= 11 is 0. The molecule has 0 saturated heterocycles. The molecule has 16 heavy (non-hydrogen) atoms. The minimum Gasteiger partial charge on any atom is -0.461 e. The number of hydrogen-bond acceptors (Lipinski definition) is 6.